The number of ether oxygens (including phenoxy) is 1. The zero-order valence-corrected chi connectivity index (χ0v) is 17.2. The number of likely N-dealkylation sites (tertiary alicyclic amines) is 1. The van der Waals surface area contributed by atoms with Gasteiger partial charge in [-0.2, -0.15) is 0 Å². The molecule has 156 valence electrons. The first-order valence-electron chi connectivity index (χ1n) is 9.69. The molecule has 0 aliphatic carbocycles. The van der Waals surface area contributed by atoms with Gasteiger partial charge in [-0.3, -0.25) is 4.79 Å². The molecule has 4 heterocycles. The number of hydrogen-bond donors (Lipinski definition) is 1. The van der Waals surface area contributed by atoms with Crippen molar-refractivity contribution in [3.63, 3.8) is 0 Å². The van der Waals surface area contributed by atoms with Gasteiger partial charge < -0.3 is 19.1 Å². The van der Waals surface area contributed by atoms with Crippen molar-refractivity contribution in [3.8, 4) is 11.5 Å². The summed E-state index contributed by atoms with van der Waals surface area (Å²) in [4.78, 5) is 37.5. The third kappa shape index (κ3) is 4.48. The number of imidazole rings is 1. The quantitative estimate of drug-likeness (QED) is 0.475. The summed E-state index contributed by atoms with van der Waals surface area (Å²) in [5.41, 5.74) is 1.59. The molecule has 1 amide bonds. The fourth-order valence-corrected chi connectivity index (χ4v) is 4.24. The van der Waals surface area contributed by atoms with Crippen LogP contribution in [0.3, 0.4) is 0 Å². The van der Waals surface area contributed by atoms with Crippen LogP contribution in [-0.4, -0.2) is 56.6 Å². The molecule has 0 spiro atoms. The molecule has 4 rings (SSSR count). The molecule has 1 N–H and O–H groups in total. The van der Waals surface area contributed by atoms with Gasteiger partial charge in [0.1, 0.15) is 5.69 Å². The van der Waals surface area contributed by atoms with E-state index in [2.05, 4.69) is 20.1 Å². The molecule has 0 atom stereocenters. The SMILES string of the molecule is CCOC(=O)c1cc(-c2csc(C3CCN(C(=O)/C=C/c4cnc[nH]4)CC3)n2)on1. The molecule has 1 aliphatic rings. The van der Waals surface area contributed by atoms with Crippen molar-refractivity contribution in [1.82, 2.24) is 25.0 Å². The van der Waals surface area contributed by atoms with Gasteiger partial charge in [-0.15, -0.1) is 11.3 Å². The summed E-state index contributed by atoms with van der Waals surface area (Å²) in [5, 5.41) is 6.65. The normalized spacial score (nSPS) is 15.0. The maximum atomic E-state index is 12.4. The smallest absolute Gasteiger partial charge is 0.360 e. The molecule has 3 aromatic heterocycles. The molecule has 1 saturated heterocycles. The minimum absolute atomic E-state index is 0.00367. The molecular formula is C20H21N5O4S. The Balaban J connectivity index is 1.34. The lowest BCUT2D eigenvalue weighted by Gasteiger charge is -2.30. The summed E-state index contributed by atoms with van der Waals surface area (Å²) in [7, 11) is 0. The topological polar surface area (TPSA) is 114 Å². The van der Waals surface area contributed by atoms with E-state index in [0.29, 0.717) is 24.5 Å². The van der Waals surface area contributed by atoms with Crippen LogP contribution in [0, 0.1) is 0 Å². The number of esters is 1. The molecule has 0 bridgehead atoms. The van der Waals surface area contributed by atoms with E-state index in [1.165, 1.54) is 0 Å². The van der Waals surface area contributed by atoms with Gasteiger partial charge in [-0.25, -0.2) is 14.8 Å². The molecule has 0 unspecified atom stereocenters. The Morgan fingerprint density at radius 1 is 1.40 bits per heavy atom. The van der Waals surface area contributed by atoms with E-state index in [4.69, 9.17) is 9.26 Å². The van der Waals surface area contributed by atoms with E-state index in [0.717, 1.165) is 23.5 Å². The van der Waals surface area contributed by atoms with Crippen molar-refractivity contribution in [3.05, 3.63) is 46.4 Å². The maximum Gasteiger partial charge on any atom is 0.360 e. The van der Waals surface area contributed by atoms with Crippen molar-refractivity contribution in [2.75, 3.05) is 19.7 Å². The van der Waals surface area contributed by atoms with Gasteiger partial charge in [0.2, 0.25) is 5.91 Å². The monoisotopic (exact) mass is 427 g/mol. The Morgan fingerprint density at radius 3 is 2.97 bits per heavy atom. The molecule has 1 aliphatic heterocycles. The molecule has 0 radical (unpaired) electrons. The number of H-pyrrole nitrogens is 1. The largest absolute Gasteiger partial charge is 0.461 e. The number of rotatable bonds is 6. The van der Waals surface area contributed by atoms with Crippen molar-refractivity contribution in [2.24, 2.45) is 0 Å². The third-order valence-electron chi connectivity index (χ3n) is 4.85. The van der Waals surface area contributed by atoms with Crippen molar-refractivity contribution >= 4 is 29.3 Å². The van der Waals surface area contributed by atoms with Crippen LogP contribution < -0.4 is 0 Å². The van der Waals surface area contributed by atoms with Crippen LogP contribution in [0.4, 0.5) is 0 Å². The van der Waals surface area contributed by atoms with Gasteiger partial charge in [-0.1, -0.05) is 5.16 Å². The van der Waals surface area contributed by atoms with Crippen LogP contribution in [-0.2, 0) is 9.53 Å². The highest BCUT2D eigenvalue weighted by atomic mass is 32.1. The zero-order valence-electron chi connectivity index (χ0n) is 16.4. The molecule has 10 heteroatoms. The number of piperidine rings is 1. The van der Waals surface area contributed by atoms with Gasteiger partial charge in [0.25, 0.3) is 0 Å². The Kier molecular flexibility index (Phi) is 6.03. The van der Waals surface area contributed by atoms with E-state index < -0.39 is 5.97 Å². The third-order valence-corrected chi connectivity index (χ3v) is 5.86. The standard InChI is InChI=1S/C20H21N5O4S/c1-2-28-20(27)15-9-17(29-24-15)16-11-30-19(23-16)13-5-7-25(8-6-13)18(26)4-3-14-10-21-12-22-14/h3-4,9-13H,2,5-8H2,1H3,(H,21,22)/b4-3+. The second-order valence-electron chi connectivity index (χ2n) is 6.81. The van der Waals surface area contributed by atoms with E-state index in [1.54, 1.807) is 49.0 Å². The van der Waals surface area contributed by atoms with E-state index >= 15 is 0 Å². The minimum Gasteiger partial charge on any atom is -0.461 e. The first-order valence-corrected chi connectivity index (χ1v) is 10.6. The molecule has 30 heavy (non-hydrogen) atoms. The molecule has 0 saturated carbocycles. The predicted molar refractivity (Wildman–Crippen MR) is 110 cm³/mol. The van der Waals surface area contributed by atoms with Gasteiger partial charge in [0.05, 0.1) is 29.8 Å². The zero-order chi connectivity index (χ0) is 20.9. The van der Waals surface area contributed by atoms with E-state index in [1.807, 2.05) is 10.3 Å². The number of aromatic amines is 1. The van der Waals surface area contributed by atoms with E-state index in [-0.39, 0.29) is 24.1 Å². The first-order chi connectivity index (χ1) is 14.6. The number of thiazole rings is 1. The molecule has 1 fully saturated rings. The second-order valence-corrected chi connectivity index (χ2v) is 7.70. The van der Waals surface area contributed by atoms with Gasteiger partial charge >= 0.3 is 5.97 Å². The average Bonchev–Trinajstić information content (AvgIpc) is 3.53. The summed E-state index contributed by atoms with van der Waals surface area (Å²) >= 11 is 1.55. The number of carbonyl (C=O) groups excluding carboxylic acids is 2. The van der Waals surface area contributed by atoms with Crippen LogP contribution in [0.1, 0.15) is 46.9 Å². The highest BCUT2D eigenvalue weighted by Gasteiger charge is 2.25. The summed E-state index contributed by atoms with van der Waals surface area (Å²) < 4.78 is 10.2. The van der Waals surface area contributed by atoms with Crippen LogP contribution in [0.15, 0.2) is 34.6 Å². The van der Waals surface area contributed by atoms with Crippen LogP contribution in [0.5, 0.6) is 0 Å². The van der Waals surface area contributed by atoms with Gasteiger partial charge in [0, 0.05) is 36.5 Å². The first kappa shape index (κ1) is 20.0. The van der Waals surface area contributed by atoms with Crippen LogP contribution >= 0.6 is 11.3 Å². The van der Waals surface area contributed by atoms with Crippen molar-refractivity contribution in [2.45, 2.75) is 25.7 Å². The Labute approximate surface area is 176 Å². The van der Waals surface area contributed by atoms with Gasteiger partial charge in [-0.05, 0) is 25.8 Å². The molecule has 9 nitrogen and oxygen atoms in total. The number of nitrogens with zero attached hydrogens (tertiary/aromatic N) is 4. The fraction of sp³-hybridized carbons (Fsp3) is 0.350. The Morgan fingerprint density at radius 2 is 2.23 bits per heavy atom. The lowest BCUT2D eigenvalue weighted by molar-refractivity contribution is -0.126. The number of carbonyl (C=O) groups is 2. The number of hydrogen-bond acceptors (Lipinski definition) is 8. The number of aromatic nitrogens is 4. The summed E-state index contributed by atoms with van der Waals surface area (Å²) in [6.07, 6.45) is 8.24. The maximum absolute atomic E-state index is 12.4. The van der Waals surface area contributed by atoms with E-state index in [9.17, 15) is 9.59 Å². The number of nitrogens with one attached hydrogen (secondary N) is 1. The van der Waals surface area contributed by atoms with Crippen molar-refractivity contribution < 1.29 is 18.8 Å². The molecular weight excluding hydrogens is 406 g/mol. The second kappa shape index (κ2) is 9.04. The lowest BCUT2D eigenvalue weighted by atomic mass is 9.97. The summed E-state index contributed by atoms with van der Waals surface area (Å²) in [6.45, 7) is 3.38. The Hall–Kier alpha value is -3.27. The predicted octanol–water partition coefficient (Wildman–Crippen LogP) is 3.12. The summed E-state index contributed by atoms with van der Waals surface area (Å²) in [6, 6.07) is 1.55. The highest BCUT2D eigenvalue weighted by Crippen LogP contribution is 2.33. The van der Waals surface area contributed by atoms with Crippen LogP contribution in [0.25, 0.3) is 17.5 Å². The Bertz CT molecular complexity index is 1030. The summed E-state index contributed by atoms with van der Waals surface area (Å²) in [5.74, 6) is 0.214. The lowest BCUT2D eigenvalue weighted by Crippen LogP contribution is -2.36. The van der Waals surface area contributed by atoms with Gasteiger partial charge in [0.15, 0.2) is 11.5 Å². The molecule has 0 aromatic carbocycles. The van der Waals surface area contributed by atoms with Crippen LogP contribution in [0.2, 0.25) is 0 Å². The van der Waals surface area contributed by atoms with Crippen molar-refractivity contribution in [1.29, 1.82) is 0 Å². The highest BCUT2D eigenvalue weighted by molar-refractivity contribution is 7.10. The molecule has 3 aromatic rings. The minimum atomic E-state index is -0.512. The fourth-order valence-electron chi connectivity index (χ4n) is 3.26. The average molecular weight is 427 g/mol. The number of amides is 1.